The molecule has 8 heteroatoms. The highest BCUT2D eigenvalue weighted by atomic mass is 32.2. The molecule has 158 valence electrons. The molecule has 0 aliphatic heterocycles. The van der Waals surface area contributed by atoms with Gasteiger partial charge in [-0.05, 0) is 49.4 Å². The number of sulfonamides is 1. The fourth-order valence-electron chi connectivity index (χ4n) is 3.22. The van der Waals surface area contributed by atoms with Crippen molar-refractivity contribution >= 4 is 21.8 Å². The number of amides is 1. The molecule has 0 aliphatic carbocycles. The number of hydrogen-bond donors (Lipinski definition) is 2. The van der Waals surface area contributed by atoms with Crippen LogP contribution in [0.15, 0.2) is 57.9 Å². The van der Waals surface area contributed by atoms with E-state index in [2.05, 4.69) is 15.2 Å². The highest BCUT2D eigenvalue weighted by molar-refractivity contribution is 7.89. The zero-order valence-corrected chi connectivity index (χ0v) is 18.0. The lowest BCUT2D eigenvalue weighted by Crippen LogP contribution is -2.25. The lowest BCUT2D eigenvalue weighted by molar-refractivity contribution is -0.114. The van der Waals surface area contributed by atoms with Gasteiger partial charge < -0.3 is 4.52 Å². The first-order valence-electron chi connectivity index (χ1n) is 9.66. The first-order chi connectivity index (χ1) is 14.3. The smallest absolute Gasteiger partial charge is 0.240 e. The third kappa shape index (κ3) is 5.14. The van der Waals surface area contributed by atoms with E-state index < -0.39 is 10.0 Å². The monoisotopic (exact) mass is 427 g/mol. The molecule has 2 aromatic carbocycles. The number of aryl methyl sites for hydroxylation is 3. The minimum atomic E-state index is -3.70. The zero-order valence-electron chi connectivity index (χ0n) is 17.2. The van der Waals surface area contributed by atoms with Gasteiger partial charge >= 0.3 is 0 Å². The van der Waals surface area contributed by atoms with Crippen molar-refractivity contribution in [2.75, 3.05) is 11.9 Å². The van der Waals surface area contributed by atoms with Gasteiger partial charge in [-0.15, -0.1) is 0 Å². The van der Waals surface area contributed by atoms with Crippen LogP contribution in [0.4, 0.5) is 5.88 Å². The van der Waals surface area contributed by atoms with Crippen LogP contribution in [0.5, 0.6) is 0 Å². The summed E-state index contributed by atoms with van der Waals surface area (Å²) in [6.07, 6.45) is 1.49. The summed E-state index contributed by atoms with van der Waals surface area (Å²) in [6, 6.07) is 15.0. The average molecular weight is 428 g/mol. The number of carbonyl (C=O) groups is 1. The number of rotatable bonds is 8. The second kappa shape index (κ2) is 9.23. The summed E-state index contributed by atoms with van der Waals surface area (Å²) in [5, 5.41) is 6.48. The van der Waals surface area contributed by atoms with Gasteiger partial charge in [-0.2, -0.15) is 0 Å². The van der Waals surface area contributed by atoms with Crippen molar-refractivity contribution in [2.24, 2.45) is 0 Å². The molecule has 3 aromatic rings. The Morgan fingerprint density at radius 3 is 2.53 bits per heavy atom. The Bertz CT molecular complexity index is 1140. The second-order valence-electron chi connectivity index (χ2n) is 7.12. The van der Waals surface area contributed by atoms with E-state index >= 15 is 0 Å². The Morgan fingerprint density at radius 1 is 1.10 bits per heavy atom. The van der Waals surface area contributed by atoms with Gasteiger partial charge in [0.05, 0.1) is 16.2 Å². The van der Waals surface area contributed by atoms with Crippen LogP contribution < -0.4 is 10.0 Å². The molecule has 0 unspecified atom stereocenters. The van der Waals surface area contributed by atoms with E-state index in [-0.39, 0.29) is 16.7 Å². The third-order valence-electron chi connectivity index (χ3n) is 4.70. The van der Waals surface area contributed by atoms with Crippen LogP contribution in [0.25, 0.3) is 11.1 Å². The van der Waals surface area contributed by atoms with Crippen LogP contribution in [0.1, 0.15) is 30.2 Å². The van der Waals surface area contributed by atoms with Crippen molar-refractivity contribution in [1.82, 2.24) is 9.88 Å². The molecule has 0 radical (unpaired) electrons. The lowest BCUT2D eigenvalue weighted by Gasteiger charge is -2.12. The predicted molar refractivity (Wildman–Crippen MR) is 116 cm³/mol. The third-order valence-corrected chi connectivity index (χ3v) is 6.30. The van der Waals surface area contributed by atoms with Gasteiger partial charge in [-0.3, -0.25) is 10.1 Å². The molecule has 1 aromatic heterocycles. The van der Waals surface area contributed by atoms with Crippen LogP contribution in [0.3, 0.4) is 0 Å². The van der Waals surface area contributed by atoms with Crippen LogP contribution in [0.2, 0.25) is 0 Å². The summed E-state index contributed by atoms with van der Waals surface area (Å²) in [7, 11) is -3.70. The van der Waals surface area contributed by atoms with Crippen LogP contribution >= 0.6 is 0 Å². The van der Waals surface area contributed by atoms with Gasteiger partial charge in [0, 0.05) is 13.5 Å². The fraction of sp³-hybridized carbons (Fsp3) is 0.273. The summed E-state index contributed by atoms with van der Waals surface area (Å²) < 4.78 is 33.7. The Kier molecular flexibility index (Phi) is 6.69. The largest absolute Gasteiger partial charge is 0.337 e. The quantitative estimate of drug-likeness (QED) is 0.532. The van der Waals surface area contributed by atoms with Crippen LogP contribution in [0, 0.1) is 13.8 Å². The molecule has 30 heavy (non-hydrogen) atoms. The Hall–Kier alpha value is -2.97. The van der Waals surface area contributed by atoms with Gasteiger partial charge in [-0.1, -0.05) is 47.6 Å². The average Bonchev–Trinajstić information content (AvgIpc) is 3.06. The molecule has 0 saturated carbocycles. The number of anilines is 1. The molecule has 3 rings (SSSR count). The molecule has 1 amide bonds. The number of benzene rings is 2. The maximum Gasteiger partial charge on any atom is 0.240 e. The number of nitrogens with zero attached hydrogens (tertiary/aromatic N) is 1. The van der Waals surface area contributed by atoms with Gasteiger partial charge in [0.1, 0.15) is 0 Å². The minimum Gasteiger partial charge on any atom is -0.337 e. The summed E-state index contributed by atoms with van der Waals surface area (Å²) in [4.78, 5) is 11.6. The van der Waals surface area contributed by atoms with E-state index in [1.807, 2.05) is 30.3 Å². The van der Waals surface area contributed by atoms with E-state index in [1.165, 1.54) is 12.5 Å². The lowest BCUT2D eigenvalue weighted by atomic mass is 10.0. The van der Waals surface area contributed by atoms with Crippen molar-refractivity contribution in [3.63, 3.8) is 0 Å². The Balaban J connectivity index is 1.79. The molecule has 1 heterocycles. The molecular weight excluding hydrogens is 402 g/mol. The van der Waals surface area contributed by atoms with E-state index in [4.69, 9.17) is 4.52 Å². The molecule has 0 aliphatic rings. The molecule has 7 nitrogen and oxygen atoms in total. The zero-order chi connectivity index (χ0) is 21.7. The highest BCUT2D eigenvalue weighted by Gasteiger charge is 2.21. The van der Waals surface area contributed by atoms with Crippen LogP contribution in [-0.4, -0.2) is 26.0 Å². The van der Waals surface area contributed by atoms with Crippen LogP contribution in [-0.2, 0) is 21.2 Å². The fourth-order valence-corrected chi connectivity index (χ4v) is 4.56. The van der Waals surface area contributed by atoms with Gasteiger partial charge in [0.2, 0.25) is 21.8 Å². The van der Waals surface area contributed by atoms with E-state index in [0.29, 0.717) is 35.3 Å². The van der Waals surface area contributed by atoms with Crippen molar-refractivity contribution in [3.05, 3.63) is 65.4 Å². The maximum absolute atomic E-state index is 12.9. The van der Waals surface area contributed by atoms with Crippen molar-refractivity contribution < 1.29 is 17.7 Å². The topological polar surface area (TPSA) is 101 Å². The van der Waals surface area contributed by atoms with E-state index in [0.717, 1.165) is 6.42 Å². The molecular formula is C22H25N3O4S. The number of nitrogens with one attached hydrogen (secondary N) is 2. The molecule has 2 N–H and O–H groups in total. The summed E-state index contributed by atoms with van der Waals surface area (Å²) in [5.41, 5.74) is 3.52. The first-order valence-corrected chi connectivity index (χ1v) is 11.1. The molecule has 0 fully saturated rings. The Labute approximate surface area is 176 Å². The molecule has 0 atom stereocenters. The van der Waals surface area contributed by atoms with Crippen molar-refractivity contribution in [2.45, 2.75) is 38.5 Å². The molecule has 0 saturated heterocycles. The second-order valence-corrected chi connectivity index (χ2v) is 8.86. The molecule has 0 spiro atoms. The van der Waals surface area contributed by atoms with Gasteiger partial charge in [-0.25, -0.2) is 13.1 Å². The predicted octanol–water partition coefficient (Wildman–Crippen LogP) is 3.83. The number of hydrogen-bond acceptors (Lipinski definition) is 5. The van der Waals surface area contributed by atoms with Gasteiger partial charge in [0.15, 0.2) is 0 Å². The summed E-state index contributed by atoms with van der Waals surface area (Å²) in [5.74, 6) is -0.101. The first kappa shape index (κ1) is 21.7. The van der Waals surface area contributed by atoms with Crippen molar-refractivity contribution in [1.29, 1.82) is 0 Å². The maximum atomic E-state index is 12.9. The molecule has 0 bridgehead atoms. The SMILES string of the molecule is CC(=O)Nc1onc(C)c1-c1ccc(C)c(S(=O)(=O)NCCCc2ccccc2)c1. The van der Waals surface area contributed by atoms with Gasteiger partial charge in [0.25, 0.3) is 0 Å². The highest BCUT2D eigenvalue weighted by Crippen LogP contribution is 2.33. The van der Waals surface area contributed by atoms with E-state index in [9.17, 15) is 13.2 Å². The number of aromatic nitrogens is 1. The standard InChI is InChI=1S/C22H25N3O4S/c1-15-11-12-19(21-16(2)25-29-22(21)24-17(3)26)14-20(15)30(27,28)23-13-7-10-18-8-5-4-6-9-18/h4-6,8-9,11-12,14,23H,7,10,13H2,1-3H3,(H,24,26). The summed E-state index contributed by atoms with van der Waals surface area (Å²) >= 11 is 0. The van der Waals surface area contributed by atoms with Crippen molar-refractivity contribution in [3.8, 4) is 11.1 Å². The minimum absolute atomic E-state index is 0.189. The summed E-state index contributed by atoms with van der Waals surface area (Å²) in [6.45, 7) is 5.19. The normalized spacial score (nSPS) is 11.4. The van der Waals surface area contributed by atoms with E-state index in [1.54, 1.807) is 32.0 Å². The number of carbonyl (C=O) groups excluding carboxylic acids is 1. The Morgan fingerprint density at radius 2 is 1.83 bits per heavy atom.